The molecule has 0 aliphatic rings. The van der Waals surface area contributed by atoms with E-state index in [4.69, 9.17) is 0 Å². The average molecular weight is 271 g/mol. The first-order valence-electron chi connectivity index (χ1n) is 6.09. The summed E-state index contributed by atoms with van der Waals surface area (Å²) in [5, 5.41) is 2.84. The van der Waals surface area contributed by atoms with E-state index >= 15 is 0 Å². The lowest BCUT2D eigenvalue weighted by Gasteiger charge is -2.08. The summed E-state index contributed by atoms with van der Waals surface area (Å²) in [6.45, 7) is 4.71. The van der Waals surface area contributed by atoms with Gasteiger partial charge in [-0.2, -0.15) is 0 Å². The Kier molecular flexibility index (Phi) is 5.55. The van der Waals surface area contributed by atoms with Gasteiger partial charge in [-0.05, 0) is 30.9 Å². The predicted molar refractivity (Wildman–Crippen MR) is 73.0 cm³/mol. The third kappa shape index (κ3) is 4.62. The van der Waals surface area contributed by atoms with Crippen molar-refractivity contribution in [2.24, 2.45) is 5.92 Å². The van der Waals surface area contributed by atoms with E-state index in [1.54, 1.807) is 19.2 Å². The van der Waals surface area contributed by atoms with Gasteiger partial charge in [0.2, 0.25) is 10.0 Å². The van der Waals surface area contributed by atoms with Gasteiger partial charge in [-0.15, -0.1) is 0 Å². The third-order valence-electron chi connectivity index (χ3n) is 2.55. The van der Waals surface area contributed by atoms with Gasteiger partial charge in [0, 0.05) is 19.8 Å². The fraction of sp³-hybridized carbons (Fsp3) is 0.583. The standard InChI is InChI=1S/C12H21N3O2S/c1-10(2)5-4-8-15-18(16,17)11-6-7-12(13-3)14-9-11/h6-7,9-10,15H,4-5,8H2,1-3H3,(H,13,14). The lowest BCUT2D eigenvalue weighted by molar-refractivity contribution is 0.540. The zero-order valence-corrected chi connectivity index (χ0v) is 11.9. The van der Waals surface area contributed by atoms with Gasteiger partial charge in [0.1, 0.15) is 10.7 Å². The first-order valence-corrected chi connectivity index (χ1v) is 7.57. The van der Waals surface area contributed by atoms with E-state index < -0.39 is 10.0 Å². The van der Waals surface area contributed by atoms with Crippen LogP contribution in [0.4, 0.5) is 5.82 Å². The highest BCUT2D eigenvalue weighted by Gasteiger charge is 2.13. The van der Waals surface area contributed by atoms with E-state index in [0.717, 1.165) is 12.8 Å². The molecule has 0 saturated carbocycles. The Labute approximate surface area is 109 Å². The molecular weight excluding hydrogens is 250 g/mol. The average Bonchev–Trinajstić information content (AvgIpc) is 2.34. The molecule has 0 aliphatic carbocycles. The minimum atomic E-state index is -3.42. The van der Waals surface area contributed by atoms with Crippen molar-refractivity contribution in [2.45, 2.75) is 31.6 Å². The quantitative estimate of drug-likeness (QED) is 0.742. The maximum absolute atomic E-state index is 11.9. The van der Waals surface area contributed by atoms with Gasteiger partial charge in [0.15, 0.2) is 0 Å². The largest absolute Gasteiger partial charge is 0.373 e. The van der Waals surface area contributed by atoms with Crippen LogP contribution in [0.3, 0.4) is 0 Å². The Morgan fingerprint density at radius 1 is 1.33 bits per heavy atom. The van der Waals surface area contributed by atoms with Crippen molar-refractivity contribution in [1.82, 2.24) is 9.71 Å². The number of rotatable bonds is 7. The van der Waals surface area contributed by atoms with Gasteiger partial charge >= 0.3 is 0 Å². The number of hydrogen-bond donors (Lipinski definition) is 2. The summed E-state index contributed by atoms with van der Waals surface area (Å²) in [6, 6.07) is 3.19. The first kappa shape index (κ1) is 14.9. The van der Waals surface area contributed by atoms with Crippen LogP contribution in [0.15, 0.2) is 23.2 Å². The molecule has 0 unspecified atom stereocenters. The summed E-state index contributed by atoms with van der Waals surface area (Å²) in [7, 11) is -1.69. The van der Waals surface area contributed by atoms with Gasteiger partial charge in [0.25, 0.3) is 0 Å². The molecule has 6 heteroatoms. The fourth-order valence-corrected chi connectivity index (χ4v) is 2.51. The van der Waals surface area contributed by atoms with Crippen molar-refractivity contribution in [3.63, 3.8) is 0 Å². The Morgan fingerprint density at radius 2 is 2.06 bits per heavy atom. The molecule has 0 bridgehead atoms. The predicted octanol–water partition coefficient (Wildman–Crippen LogP) is 1.84. The summed E-state index contributed by atoms with van der Waals surface area (Å²) in [5.74, 6) is 1.24. The summed E-state index contributed by atoms with van der Waals surface area (Å²) in [6.07, 6.45) is 3.22. The molecule has 0 amide bonds. The number of nitrogens with one attached hydrogen (secondary N) is 2. The van der Waals surface area contributed by atoms with Crippen molar-refractivity contribution in [3.8, 4) is 0 Å². The topological polar surface area (TPSA) is 71.1 Å². The molecule has 18 heavy (non-hydrogen) atoms. The second-order valence-electron chi connectivity index (χ2n) is 4.56. The van der Waals surface area contributed by atoms with E-state index in [0.29, 0.717) is 18.3 Å². The second-order valence-corrected chi connectivity index (χ2v) is 6.33. The van der Waals surface area contributed by atoms with Gasteiger partial charge in [-0.25, -0.2) is 18.1 Å². The molecule has 1 aromatic rings. The van der Waals surface area contributed by atoms with Crippen molar-refractivity contribution in [2.75, 3.05) is 18.9 Å². The van der Waals surface area contributed by atoms with E-state index in [9.17, 15) is 8.42 Å². The monoisotopic (exact) mass is 271 g/mol. The number of nitrogens with zero attached hydrogens (tertiary/aromatic N) is 1. The van der Waals surface area contributed by atoms with E-state index in [1.165, 1.54) is 6.20 Å². The van der Waals surface area contributed by atoms with Crippen molar-refractivity contribution >= 4 is 15.8 Å². The number of anilines is 1. The summed E-state index contributed by atoms with van der Waals surface area (Å²) >= 11 is 0. The highest BCUT2D eigenvalue weighted by Crippen LogP contribution is 2.10. The molecule has 1 heterocycles. The minimum Gasteiger partial charge on any atom is -0.373 e. The van der Waals surface area contributed by atoms with Gasteiger partial charge in [-0.1, -0.05) is 13.8 Å². The minimum absolute atomic E-state index is 0.200. The first-order chi connectivity index (χ1) is 8.45. The molecule has 102 valence electrons. The van der Waals surface area contributed by atoms with Crippen LogP contribution in [0.1, 0.15) is 26.7 Å². The van der Waals surface area contributed by atoms with Crippen LogP contribution < -0.4 is 10.0 Å². The SMILES string of the molecule is CNc1ccc(S(=O)(=O)NCCCC(C)C)cn1. The molecule has 2 N–H and O–H groups in total. The van der Waals surface area contributed by atoms with E-state index in [1.807, 2.05) is 0 Å². The lowest BCUT2D eigenvalue weighted by atomic mass is 10.1. The maximum atomic E-state index is 11.9. The van der Waals surface area contributed by atoms with Crippen LogP contribution >= 0.6 is 0 Å². The third-order valence-corrected chi connectivity index (χ3v) is 4.00. The number of sulfonamides is 1. The summed E-state index contributed by atoms with van der Waals surface area (Å²) in [5.41, 5.74) is 0. The Hall–Kier alpha value is -1.14. The molecule has 0 spiro atoms. The van der Waals surface area contributed by atoms with Crippen LogP contribution in [0.5, 0.6) is 0 Å². The summed E-state index contributed by atoms with van der Waals surface area (Å²) in [4.78, 5) is 4.19. The van der Waals surface area contributed by atoms with Crippen molar-refractivity contribution in [1.29, 1.82) is 0 Å². The lowest BCUT2D eigenvalue weighted by Crippen LogP contribution is -2.25. The smallest absolute Gasteiger partial charge is 0.242 e. The van der Waals surface area contributed by atoms with E-state index in [2.05, 4.69) is 28.9 Å². The molecule has 0 atom stereocenters. The highest BCUT2D eigenvalue weighted by molar-refractivity contribution is 7.89. The zero-order valence-electron chi connectivity index (χ0n) is 11.1. The number of aromatic nitrogens is 1. The molecule has 0 aliphatic heterocycles. The van der Waals surface area contributed by atoms with Gasteiger partial charge in [-0.3, -0.25) is 0 Å². The van der Waals surface area contributed by atoms with Gasteiger partial charge in [0.05, 0.1) is 0 Å². The molecule has 0 aromatic carbocycles. The van der Waals surface area contributed by atoms with Crippen molar-refractivity contribution < 1.29 is 8.42 Å². The van der Waals surface area contributed by atoms with Crippen molar-refractivity contribution in [3.05, 3.63) is 18.3 Å². The summed E-state index contributed by atoms with van der Waals surface area (Å²) < 4.78 is 26.4. The van der Waals surface area contributed by atoms with Gasteiger partial charge < -0.3 is 5.32 Å². The number of hydrogen-bond acceptors (Lipinski definition) is 4. The molecule has 0 saturated heterocycles. The molecule has 5 nitrogen and oxygen atoms in total. The van der Waals surface area contributed by atoms with Crippen LogP contribution in [0.2, 0.25) is 0 Å². The molecule has 1 aromatic heterocycles. The Balaban J connectivity index is 2.57. The van der Waals surface area contributed by atoms with Crippen LogP contribution in [0, 0.1) is 5.92 Å². The fourth-order valence-electron chi connectivity index (χ4n) is 1.49. The molecule has 0 fully saturated rings. The molecular formula is C12H21N3O2S. The Bertz CT molecular complexity index is 455. The second kappa shape index (κ2) is 6.70. The Morgan fingerprint density at radius 3 is 2.56 bits per heavy atom. The highest BCUT2D eigenvalue weighted by atomic mass is 32.2. The normalized spacial score (nSPS) is 11.8. The molecule has 1 rings (SSSR count). The number of pyridine rings is 1. The van der Waals surface area contributed by atoms with E-state index in [-0.39, 0.29) is 4.90 Å². The maximum Gasteiger partial charge on any atom is 0.242 e. The van der Waals surface area contributed by atoms with Crippen LogP contribution in [-0.2, 0) is 10.0 Å². The molecule has 0 radical (unpaired) electrons. The van der Waals surface area contributed by atoms with Crippen LogP contribution in [0.25, 0.3) is 0 Å². The zero-order chi connectivity index (χ0) is 13.6. The van der Waals surface area contributed by atoms with Crippen LogP contribution in [-0.4, -0.2) is 27.0 Å².